The summed E-state index contributed by atoms with van der Waals surface area (Å²) in [6, 6.07) is 17.0. The van der Waals surface area contributed by atoms with Crippen molar-refractivity contribution in [3.63, 3.8) is 0 Å². The molecule has 33 heavy (non-hydrogen) atoms. The average Bonchev–Trinajstić information content (AvgIpc) is 3.56. The van der Waals surface area contributed by atoms with Gasteiger partial charge in [0.1, 0.15) is 0 Å². The highest BCUT2D eigenvalue weighted by atomic mass is 32.2. The monoisotopic (exact) mass is 466 g/mol. The van der Waals surface area contributed by atoms with Gasteiger partial charge in [0.25, 0.3) is 0 Å². The first-order valence-electron chi connectivity index (χ1n) is 11.3. The molecule has 0 spiro atoms. The normalized spacial score (nSPS) is 13.8. The number of amides is 1. The van der Waals surface area contributed by atoms with Crippen LogP contribution in [0, 0.1) is 13.8 Å². The smallest absolute Gasteiger partial charge is 0.240 e. The van der Waals surface area contributed by atoms with E-state index in [1.54, 1.807) is 24.3 Å². The number of sulfonamides is 1. The third kappa shape index (κ3) is 6.09. The van der Waals surface area contributed by atoms with Gasteiger partial charge in [-0.2, -0.15) is 5.10 Å². The summed E-state index contributed by atoms with van der Waals surface area (Å²) in [6.45, 7) is 5.13. The number of carbonyl (C=O) groups excluding carboxylic acids is 1. The summed E-state index contributed by atoms with van der Waals surface area (Å²) in [4.78, 5) is 12.7. The first kappa shape index (κ1) is 23.2. The summed E-state index contributed by atoms with van der Waals surface area (Å²) < 4.78 is 29.2. The highest BCUT2D eigenvalue weighted by Gasteiger charge is 2.27. The van der Waals surface area contributed by atoms with E-state index < -0.39 is 10.0 Å². The number of nitrogens with zero attached hydrogens (tertiary/aromatic N) is 2. The van der Waals surface area contributed by atoms with Crippen molar-refractivity contribution in [2.24, 2.45) is 0 Å². The van der Waals surface area contributed by atoms with Gasteiger partial charge in [0.2, 0.25) is 15.9 Å². The molecule has 8 heteroatoms. The Labute approximate surface area is 195 Å². The number of hydrogen-bond donors (Lipinski definition) is 2. The maximum absolute atomic E-state index is 12.4. The van der Waals surface area contributed by atoms with Crippen LogP contribution in [0.15, 0.2) is 59.5 Å². The quantitative estimate of drug-likeness (QED) is 0.480. The minimum atomic E-state index is -3.45. The molecule has 2 aromatic carbocycles. The van der Waals surface area contributed by atoms with Crippen LogP contribution < -0.4 is 10.0 Å². The molecule has 1 heterocycles. The van der Waals surface area contributed by atoms with Crippen LogP contribution in [0.3, 0.4) is 0 Å². The van der Waals surface area contributed by atoms with E-state index in [1.807, 2.05) is 36.7 Å². The van der Waals surface area contributed by atoms with Crippen LogP contribution in [0.2, 0.25) is 0 Å². The summed E-state index contributed by atoms with van der Waals surface area (Å²) in [5, 5.41) is 7.63. The van der Waals surface area contributed by atoms with Gasteiger partial charge in [0.15, 0.2) is 0 Å². The molecule has 7 nitrogen and oxygen atoms in total. The van der Waals surface area contributed by atoms with E-state index >= 15 is 0 Å². The molecule has 0 unspecified atom stereocenters. The Morgan fingerprint density at radius 1 is 1.03 bits per heavy atom. The highest BCUT2D eigenvalue weighted by molar-refractivity contribution is 7.89. The van der Waals surface area contributed by atoms with E-state index in [4.69, 9.17) is 0 Å². The predicted molar refractivity (Wildman–Crippen MR) is 127 cm³/mol. The largest absolute Gasteiger partial charge is 0.352 e. The lowest BCUT2D eigenvalue weighted by molar-refractivity contribution is -0.121. The molecule has 0 saturated heterocycles. The summed E-state index contributed by atoms with van der Waals surface area (Å²) in [5.41, 5.74) is 5.12. The fourth-order valence-corrected chi connectivity index (χ4v) is 5.06. The lowest BCUT2D eigenvalue weighted by Gasteiger charge is -2.08. The third-order valence-corrected chi connectivity index (χ3v) is 7.48. The van der Waals surface area contributed by atoms with Gasteiger partial charge in [0.05, 0.1) is 17.1 Å². The van der Waals surface area contributed by atoms with Crippen molar-refractivity contribution in [2.45, 2.75) is 63.6 Å². The fourth-order valence-electron chi connectivity index (χ4n) is 3.76. The van der Waals surface area contributed by atoms with Crippen LogP contribution >= 0.6 is 0 Å². The van der Waals surface area contributed by atoms with Crippen molar-refractivity contribution >= 4 is 15.9 Å². The molecule has 0 atom stereocenters. The molecule has 0 aliphatic heterocycles. The van der Waals surface area contributed by atoms with Crippen molar-refractivity contribution in [1.82, 2.24) is 19.8 Å². The van der Waals surface area contributed by atoms with Gasteiger partial charge in [-0.3, -0.25) is 9.48 Å². The van der Waals surface area contributed by atoms with Crippen LogP contribution in [0.1, 0.15) is 47.3 Å². The molecule has 174 valence electrons. The van der Waals surface area contributed by atoms with Crippen molar-refractivity contribution in [1.29, 1.82) is 0 Å². The van der Waals surface area contributed by atoms with Crippen molar-refractivity contribution in [3.05, 3.63) is 82.7 Å². The van der Waals surface area contributed by atoms with Crippen LogP contribution in [-0.2, 0) is 34.3 Å². The molecular weight excluding hydrogens is 436 g/mol. The van der Waals surface area contributed by atoms with E-state index in [1.165, 1.54) is 5.56 Å². The Morgan fingerprint density at radius 2 is 1.73 bits per heavy atom. The molecule has 1 fully saturated rings. The van der Waals surface area contributed by atoms with Crippen LogP contribution in [-0.4, -0.2) is 30.1 Å². The van der Waals surface area contributed by atoms with Gasteiger partial charge in [0, 0.05) is 30.3 Å². The van der Waals surface area contributed by atoms with E-state index in [2.05, 4.69) is 27.3 Å². The second-order valence-corrected chi connectivity index (χ2v) is 10.3. The molecule has 0 bridgehead atoms. The third-order valence-electron chi connectivity index (χ3n) is 5.94. The van der Waals surface area contributed by atoms with Crippen LogP contribution in [0.5, 0.6) is 0 Å². The predicted octanol–water partition coefficient (Wildman–Crippen LogP) is 3.24. The zero-order valence-corrected chi connectivity index (χ0v) is 19.9. The lowest BCUT2D eigenvalue weighted by Crippen LogP contribution is -2.25. The van der Waals surface area contributed by atoms with Gasteiger partial charge in [-0.15, -0.1) is 0 Å². The molecule has 0 radical (unpaired) electrons. The first-order valence-corrected chi connectivity index (χ1v) is 12.7. The summed E-state index contributed by atoms with van der Waals surface area (Å²) in [7, 11) is -3.45. The van der Waals surface area contributed by atoms with Crippen molar-refractivity contribution in [2.75, 3.05) is 0 Å². The number of hydrogen-bond acceptors (Lipinski definition) is 4. The van der Waals surface area contributed by atoms with Gasteiger partial charge in [-0.05, 0) is 56.4 Å². The van der Waals surface area contributed by atoms with Gasteiger partial charge in [-0.1, -0.05) is 42.5 Å². The molecule has 2 N–H and O–H groups in total. The second-order valence-electron chi connectivity index (χ2n) is 8.61. The number of nitrogens with one attached hydrogen (secondary N) is 2. The Kier molecular flexibility index (Phi) is 6.95. The number of rotatable bonds is 10. The SMILES string of the molecule is Cc1nn(Cc2ccccc2)c(C)c1CNC(=O)CCc1ccc(S(=O)(=O)NC2CC2)cc1. The summed E-state index contributed by atoms with van der Waals surface area (Å²) in [5.74, 6) is -0.0447. The highest BCUT2D eigenvalue weighted by Crippen LogP contribution is 2.22. The zero-order valence-electron chi connectivity index (χ0n) is 19.0. The van der Waals surface area contributed by atoms with Crippen LogP contribution in [0.25, 0.3) is 0 Å². The molecular formula is C25H30N4O3S. The van der Waals surface area contributed by atoms with Crippen molar-refractivity contribution < 1.29 is 13.2 Å². The van der Waals surface area contributed by atoms with E-state index in [-0.39, 0.29) is 16.8 Å². The standard InChI is InChI=1S/C25H30N4O3S/c1-18-24(19(2)29(27-18)17-21-6-4-3-5-7-21)16-26-25(30)15-10-20-8-13-23(14-9-20)33(31,32)28-22-11-12-22/h3-9,13-14,22,28H,10-12,15-17H2,1-2H3,(H,26,30). The minimum Gasteiger partial charge on any atom is -0.352 e. The summed E-state index contributed by atoms with van der Waals surface area (Å²) >= 11 is 0. The average molecular weight is 467 g/mol. The fraction of sp³-hybridized carbons (Fsp3) is 0.360. The number of carbonyl (C=O) groups is 1. The van der Waals surface area contributed by atoms with E-state index in [0.717, 1.165) is 35.4 Å². The second kappa shape index (κ2) is 9.89. The van der Waals surface area contributed by atoms with Gasteiger partial charge < -0.3 is 5.32 Å². The van der Waals surface area contributed by atoms with Gasteiger partial charge in [-0.25, -0.2) is 13.1 Å². The molecule has 1 aliphatic carbocycles. The molecule has 1 amide bonds. The topological polar surface area (TPSA) is 93.1 Å². The molecule has 4 rings (SSSR count). The zero-order chi connectivity index (χ0) is 23.4. The first-order chi connectivity index (χ1) is 15.8. The Balaban J connectivity index is 1.28. The maximum Gasteiger partial charge on any atom is 0.240 e. The molecule has 1 saturated carbocycles. The Morgan fingerprint density at radius 3 is 2.39 bits per heavy atom. The minimum absolute atomic E-state index is 0.0447. The number of aromatic nitrogens is 2. The van der Waals surface area contributed by atoms with E-state index in [9.17, 15) is 13.2 Å². The summed E-state index contributed by atoms with van der Waals surface area (Å²) in [6.07, 6.45) is 2.69. The Hall–Kier alpha value is -2.97. The number of benzene rings is 2. The van der Waals surface area contributed by atoms with E-state index in [0.29, 0.717) is 25.9 Å². The molecule has 1 aliphatic rings. The van der Waals surface area contributed by atoms with Crippen molar-refractivity contribution in [3.8, 4) is 0 Å². The van der Waals surface area contributed by atoms with Crippen LogP contribution in [0.4, 0.5) is 0 Å². The maximum atomic E-state index is 12.4. The van der Waals surface area contributed by atoms with Gasteiger partial charge >= 0.3 is 0 Å². The number of aryl methyl sites for hydroxylation is 2. The lowest BCUT2D eigenvalue weighted by atomic mass is 10.1. The Bertz CT molecular complexity index is 1210. The molecule has 3 aromatic rings. The molecule has 1 aromatic heterocycles.